The maximum absolute atomic E-state index is 13.5. The van der Waals surface area contributed by atoms with Crippen LogP contribution in [0.2, 0.25) is 0 Å². The molecule has 0 bridgehead atoms. The average molecular weight is 425 g/mol. The van der Waals surface area contributed by atoms with Crippen molar-refractivity contribution in [3.63, 3.8) is 0 Å². The number of halogens is 1. The normalized spacial score (nSPS) is 10.3. The number of pyridine rings is 2. The van der Waals surface area contributed by atoms with Gasteiger partial charge in [-0.2, -0.15) is 0 Å². The summed E-state index contributed by atoms with van der Waals surface area (Å²) in [5.74, 6) is -1.16. The number of rotatable bonds is 7. The van der Waals surface area contributed by atoms with Gasteiger partial charge < -0.3 is 25.8 Å². The fraction of sp³-hybridized carbons (Fsp3) is 0.143. The van der Waals surface area contributed by atoms with Gasteiger partial charge in [0.25, 0.3) is 5.91 Å². The molecule has 160 valence electrons. The molecule has 31 heavy (non-hydrogen) atoms. The van der Waals surface area contributed by atoms with E-state index in [-0.39, 0.29) is 16.9 Å². The Labute approximate surface area is 177 Å². The largest absolute Gasteiger partial charge is 0.494 e. The smallest absolute Gasteiger partial charge is 0.339 e. The van der Waals surface area contributed by atoms with Crippen molar-refractivity contribution in [1.82, 2.24) is 15.3 Å². The van der Waals surface area contributed by atoms with Gasteiger partial charge >= 0.3 is 5.97 Å². The highest BCUT2D eigenvalue weighted by Crippen LogP contribution is 2.33. The third kappa shape index (κ3) is 4.69. The molecule has 0 aliphatic heterocycles. The van der Waals surface area contributed by atoms with Gasteiger partial charge in [-0.15, -0.1) is 0 Å². The van der Waals surface area contributed by atoms with E-state index in [0.717, 1.165) is 6.20 Å². The van der Waals surface area contributed by atoms with Gasteiger partial charge in [0, 0.05) is 19.3 Å². The Morgan fingerprint density at radius 3 is 2.39 bits per heavy atom. The molecule has 1 aromatic carbocycles. The average Bonchev–Trinajstić information content (AvgIpc) is 2.75. The number of para-hydroxylation sites is 1. The molecule has 2 heterocycles. The third-order valence-electron chi connectivity index (χ3n) is 4.40. The van der Waals surface area contributed by atoms with Gasteiger partial charge in [0.2, 0.25) is 0 Å². The summed E-state index contributed by atoms with van der Waals surface area (Å²) in [6, 6.07) is 7.67. The Balaban J connectivity index is 2.02. The van der Waals surface area contributed by atoms with Crippen molar-refractivity contribution in [2.45, 2.75) is 6.92 Å². The van der Waals surface area contributed by atoms with Crippen LogP contribution in [0.3, 0.4) is 0 Å². The number of carbonyl (C=O) groups is 2. The second kappa shape index (κ2) is 9.08. The third-order valence-corrected chi connectivity index (χ3v) is 4.40. The number of ether oxygens (including phenoxy) is 1. The summed E-state index contributed by atoms with van der Waals surface area (Å²) in [6.45, 7) is 1.61. The van der Waals surface area contributed by atoms with Gasteiger partial charge in [-0.25, -0.2) is 19.2 Å². The van der Waals surface area contributed by atoms with Crippen LogP contribution in [-0.2, 0) is 0 Å². The molecule has 0 aliphatic rings. The number of aromatic carboxylic acids is 1. The van der Waals surface area contributed by atoms with E-state index >= 15 is 0 Å². The lowest BCUT2D eigenvalue weighted by Crippen LogP contribution is -2.19. The van der Waals surface area contributed by atoms with E-state index in [4.69, 9.17) is 4.74 Å². The molecule has 4 N–H and O–H groups in total. The number of benzene rings is 1. The molecule has 3 aromatic rings. The lowest BCUT2D eigenvalue weighted by molar-refractivity contribution is 0.0693. The quantitative estimate of drug-likeness (QED) is 0.453. The number of aromatic nitrogens is 2. The number of aryl methyl sites for hydroxylation is 1. The van der Waals surface area contributed by atoms with Crippen molar-refractivity contribution in [2.75, 3.05) is 24.8 Å². The van der Waals surface area contributed by atoms with Crippen LogP contribution in [0.4, 0.5) is 27.4 Å². The molecular formula is C21H20FN5O4. The number of methoxy groups -OCH3 is 1. The first kappa shape index (κ1) is 21.5. The van der Waals surface area contributed by atoms with E-state index in [1.165, 1.54) is 32.5 Å². The summed E-state index contributed by atoms with van der Waals surface area (Å²) in [4.78, 5) is 32.0. The Morgan fingerprint density at radius 2 is 1.74 bits per heavy atom. The maximum Gasteiger partial charge on any atom is 0.339 e. The first-order chi connectivity index (χ1) is 14.8. The number of nitrogens with one attached hydrogen (secondary N) is 3. The molecule has 0 atom stereocenters. The zero-order valence-electron chi connectivity index (χ0n) is 17.0. The summed E-state index contributed by atoms with van der Waals surface area (Å²) >= 11 is 0. The highest BCUT2D eigenvalue weighted by molar-refractivity contribution is 6.01. The molecular weight excluding hydrogens is 405 g/mol. The van der Waals surface area contributed by atoms with Crippen LogP contribution in [-0.4, -0.2) is 41.1 Å². The molecule has 0 saturated carbocycles. The molecule has 2 aromatic heterocycles. The highest BCUT2D eigenvalue weighted by Gasteiger charge is 2.18. The minimum atomic E-state index is -1.15. The number of amides is 1. The zero-order valence-corrected chi connectivity index (χ0v) is 17.0. The van der Waals surface area contributed by atoms with Crippen LogP contribution in [0.25, 0.3) is 0 Å². The molecule has 1 amide bonds. The number of anilines is 4. The fourth-order valence-electron chi connectivity index (χ4n) is 2.85. The zero-order chi connectivity index (χ0) is 22.5. The van der Waals surface area contributed by atoms with Crippen molar-refractivity contribution < 1.29 is 23.8 Å². The number of carbonyl (C=O) groups excluding carboxylic acids is 1. The van der Waals surface area contributed by atoms with Crippen molar-refractivity contribution in [2.24, 2.45) is 0 Å². The lowest BCUT2D eigenvalue weighted by atomic mass is 10.1. The van der Waals surface area contributed by atoms with E-state index < -0.39 is 17.7 Å². The maximum atomic E-state index is 13.5. The monoisotopic (exact) mass is 425 g/mol. The Bertz CT molecular complexity index is 1150. The molecule has 0 spiro atoms. The van der Waals surface area contributed by atoms with Crippen molar-refractivity contribution >= 4 is 34.9 Å². The molecule has 9 nitrogen and oxygen atoms in total. The van der Waals surface area contributed by atoms with E-state index in [2.05, 4.69) is 25.9 Å². The summed E-state index contributed by atoms with van der Waals surface area (Å²) < 4.78 is 18.7. The standard InChI is InChI=1S/C21H20FN5O4/c1-11-7-17(25-10-14(11)22)27-18-8-16(13(9-24-18)20(28)23-2)26-15-6-4-5-12(21(29)30)19(15)31-3/h4-10H,1-3H3,(H,23,28)(H,29,30)(H2,24,25,26,27). The van der Waals surface area contributed by atoms with Crippen LogP contribution >= 0.6 is 0 Å². The van der Waals surface area contributed by atoms with Crippen molar-refractivity contribution in [3.05, 3.63) is 65.2 Å². The summed E-state index contributed by atoms with van der Waals surface area (Å²) in [5.41, 5.74) is 1.29. The molecule has 0 aliphatic carbocycles. The van der Waals surface area contributed by atoms with Crippen LogP contribution in [0.15, 0.2) is 42.7 Å². The Kier molecular flexibility index (Phi) is 6.29. The van der Waals surface area contributed by atoms with Gasteiger partial charge in [0.15, 0.2) is 5.75 Å². The van der Waals surface area contributed by atoms with Crippen LogP contribution < -0.4 is 20.7 Å². The summed E-state index contributed by atoms with van der Waals surface area (Å²) in [7, 11) is 2.84. The number of carboxylic acids is 1. The summed E-state index contributed by atoms with van der Waals surface area (Å²) in [6.07, 6.45) is 2.45. The fourth-order valence-corrected chi connectivity index (χ4v) is 2.85. The van der Waals surface area contributed by atoms with Gasteiger partial charge in [-0.1, -0.05) is 6.07 Å². The topological polar surface area (TPSA) is 125 Å². The first-order valence-corrected chi connectivity index (χ1v) is 9.12. The molecule has 3 rings (SSSR count). The molecule has 0 saturated heterocycles. The number of hydrogen-bond donors (Lipinski definition) is 4. The first-order valence-electron chi connectivity index (χ1n) is 9.12. The van der Waals surface area contributed by atoms with E-state index in [0.29, 0.717) is 28.6 Å². The molecule has 10 heteroatoms. The Morgan fingerprint density at radius 1 is 1.03 bits per heavy atom. The summed E-state index contributed by atoms with van der Waals surface area (Å²) in [5, 5.41) is 17.9. The number of hydrogen-bond acceptors (Lipinski definition) is 7. The molecule has 0 unspecified atom stereocenters. The van der Waals surface area contributed by atoms with E-state index in [1.807, 2.05) is 0 Å². The van der Waals surface area contributed by atoms with Crippen molar-refractivity contribution in [1.29, 1.82) is 0 Å². The molecule has 0 fully saturated rings. The van der Waals surface area contributed by atoms with Crippen LogP contribution in [0, 0.1) is 12.7 Å². The second-order valence-corrected chi connectivity index (χ2v) is 6.45. The highest BCUT2D eigenvalue weighted by atomic mass is 19.1. The Hall–Kier alpha value is -4.21. The SMILES string of the molecule is CNC(=O)c1cnc(Nc2cc(C)c(F)cn2)cc1Nc1cccc(C(=O)O)c1OC. The number of carboxylic acid groups (broad SMARTS) is 1. The predicted octanol–water partition coefficient (Wildman–Crippen LogP) is 3.48. The van der Waals surface area contributed by atoms with Crippen LogP contribution in [0.5, 0.6) is 5.75 Å². The van der Waals surface area contributed by atoms with Gasteiger partial charge in [-0.05, 0) is 30.7 Å². The van der Waals surface area contributed by atoms with Gasteiger partial charge in [0.1, 0.15) is 23.0 Å². The van der Waals surface area contributed by atoms with Crippen molar-refractivity contribution in [3.8, 4) is 5.75 Å². The minimum absolute atomic E-state index is 0.0348. The van der Waals surface area contributed by atoms with Gasteiger partial charge in [-0.3, -0.25) is 4.79 Å². The number of nitrogens with zero attached hydrogens (tertiary/aromatic N) is 2. The van der Waals surface area contributed by atoms with Gasteiger partial charge in [0.05, 0.1) is 30.2 Å². The molecule has 0 radical (unpaired) electrons. The second-order valence-electron chi connectivity index (χ2n) is 6.45. The van der Waals surface area contributed by atoms with Crippen LogP contribution in [0.1, 0.15) is 26.3 Å². The lowest BCUT2D eigenvalue weighted by Gasteiger charge is -2.16. The van der Waals surface area contributed by atoms with E-state index in [9.17, 15) is 19.1 Å². The van der Waals surface area contributed by atoms with E-state index in [1.54, 1.807) is 25.1 Å². The minimum Gasteiger partial charge on any atom is -0.494 e. The predicted molar refractivity (Wildman–Crippen MR) is 113 cm³/mol.